The maximum atomic E-state index is 5.96. The quantitative estimate of drug-likeness (QED) is 0.900. The number of hydrogen-bond acceptors (Lipinski definition) is 4. The number of halogens is 1. The van der Waals surface area contributed by atoms with Crippen LogP contribution in [0.3, 0.4) is 0 Å². The fourth-order valence-corrected chi connectivity index (χ4v) is 1.96. The van der Waals surface area contributed by atoms with Gasteiger partial charge in [0.05, 0.1) is 0 Å². The van der Waals surface area contributed by atoms with Gasteiger partial charge in [0.25, 0.3) is 0 Å². The molecule has 0 aliphatic heterocycles. The van der Waals surface area contributed by atoms with Crippen LogP contribution in [0.25, 0.3) is 0 Å². The van der Waals surface area contributed by atoms with Crippen molar-refractivity contribution in [3.63, 3.8) is 0 Å². The van der Waals surface area contributed by atoms with Crippen LogP contribution in [0, 0.1) is 6.92 Å². The van der Waals surface area contributed by atoms with E-state index in [1.54, 1.807) is 0 Å². The summed E-state index contributed by atoms with van der Waals surface area (Å²) in [4.78, 5) is 8.68. The zero-order valence-corrected chi connectivity index (χ0v) is 11.8. The van der Waals surface area contributed by atoms with E-state index in [0.29, 0.717) is 12.4 Å². The van der Waals surface area contributed by atoms with Gasteiger partial charge in [-0.1, -0.05) is 30.7 Å². The number of aryl methyl sites for hydroxylation is 1. The second kappa shape index (κ2) is 5.89. The molecule has 0 spiro atoms. The Bertz CT molecular complexity index is 584. The summed E-state index contributed by atoms with van der Waals surface area (Å²) < 4.78 is 0. The molecular weight excluding hydrogens is 260 g/mol. The van der Waals surface area contributed by atoms with Crippen LogP contribution in [0.5, 0.6) is 0 Å². The molecule has 0 aliphatic rings. The van der Waals surface area contributed by atoms with E-state index >= 15 is 0 Å². The molecule has 0 saturated heterocycles. The van der Waals surface area contributed by atoms with E-state index in [9.17, 15) is 0 Å². The summed E-state index contributed by atoms with van der Waals surface area (Å²) in [5, 5.41) is 4.01. The van der Waals surface area contributed by atoms with Crippen molar-refractivity contribution in [2.24, 2.45) is 0 Å². The molecule has 1 aromatic carbocycles. The molecule has 5 heteroatoms. The van der Waals surface area contributed by atoms with E-state index in [4.69, 9.17) is 17.3 Å². The van der Waals surface area contributed by atoms with Crippen molar-refractivity contribution in [2.45, 2.75) is 26.8 Å². The van der Waals surface area contributed by atoms with E-state index in [0.717, 1.165) is 34.2 Å². The minimum atomic E-state index is 0.528. The molecule has 0 radical (unpaired) electrons. The number of nitrogens with zero attached hydrogens (tertiary/aromatic N) is 2. The molecular formula is C14H17ClN4. The van der Waals surface area contributed by atoms with Crippen LogP contribution in [-0.2, 0) is 13.0 Å². The third-order valence-electron chi connectivity index (χ3n) is 2.89. The minimum absolute atomic E-state index is 0.528. The maximum Gasteiger partial charge on any atom is 0.135 e. The van der Waals surface area contributed by atoms with E-state index < -0.39 is 0 Å². The summed E-state index contributed by atoms with van der Waals surface area (Å²) in [5.41, 5.74) is 7.85. The molecule has 4 nitrogen and oxygen atoms in total. The van der Waals surface area contributed by atoms with Crippen molar-refractivity contribution in [3.05, 3.63) is 46.2 Å². The average molecular weight is 277 g/mol. The summed E-state index contributed by atoms with van der Waals surface area (Å²) in [6, 6.07) is 7.72. The van der Waals surface area contributed by atoms with Gasteiger partial charge in [-0.15, -0.1) is 0 Å². The van der Waals surface area contributed by atoms with Crippen molar-refractivity contribution < 1.29 is 0 Å². The van der Waals surface area contributed by atoms with Crippen LogP contribution in [0.1, 0.15) is 23.9 Å². The Morgan fingerprint density at radius 3 is 2.79 bits per heavy atom. The van der Waals surface area contributed by atoms with Crippen molar-refractivity contribution in [2.75, 3.05) is 11.1 Å². The summed E-state index contributed by atoms with van der Waals surface area (Å²) in [5.74, 6) is 2.06. The lowest BCUT2D eigenvalue weighted by Gasteiger charge is -2.11. The largest absolute Gasteiger partial charge is 0.383 e. The lowest BCUT2D eigenvalue weighted by Crippen LogP contribution is -2.09. The Balaban J connectivity index is 2.17. The molecule has 1 aromatic heterocycles. The first-order valence-electron chi connectivity index (χ1n) is 6.21. The summed E-state index contributed by atoms with van der Waals surface area (Å²) in [7, 11) is 0. The summed E-state index contributed by atoms with van der Waals surface area (Å²) >= 11 is 5.96. The number of rotatable bonds is 4. The summed E-state index contributed by atoms with van der Waals surface area (Å²) in [6.07, 6.45) is 0.760. The molecule has 0 amide bonds. The Kier molecular flexibility index (Phi) is 4.22. The zero-order chi connectivity index (χ0) is 13.8. The molecule has 0 saturated carbocycles. The smallest absolute Gasteiger partial charge is 0.135 e. The van der Waals surface area contributed by atoms with Gasteiger partial charge < -0.3 is 11.1 Å². The predicted octanol–water partition coefficient (Wildman–Crippen LogP) is 3.20. The normalized spacial score (nSPS) is 10.5. The van der Waals surface area contributed by atoms with E-state index in [2.05, 4.69) is 15.3 Å². The fourth-order valence-electron chi connectivity index (χ4n) is 1.75. The molecule has 2 rings (SSSR count). The maximum absolute atomic E-state index is 5.96. The Morgan fingerprint density at radius 2 is 2.11 bits per heavy atom. The van der Waals surface area contributed by atoms with E-state index in [-0.39, 0.29) is 0 Å². The number of benzene rings is 1. The molecule has 100 valence electrons. The highest BCUT2D eigenvalue weighted by Gasteiger charge is 2.07. The van der Waals surface area contributed by atoms with Gasteiger partial charge in [0.2, 0.25) is 0 Å². The first-order chi connectivity index (χ1) is 9.10. The van der Waals surface area contributed by atoms with Gasteiger partial charge in [-0.3, -0.25) is 0 Å². The van der Waals surface area contributed by atoms with E-state index in [1.165, 1.54) is 0 Å². The number of hydrogen-bond donors (Lipinski definition) is 2. The number of nitrogen functional groups attached to an aromatic ring is 1. The second-order valence-corrected chi connectivity index (χ2v) is 4.77. The van der Waals surface area contributed by atoms with Crippen LogP contribution < -0.4 is 11.1 Å². The first kappa shape index (κ1) is 13.6. The van der Waals surface area contributed by atoms with Crippen LogP contribution >= 0.6 is 11.6 Å². The topological polar surface area (TPSA) is 63.8 Å². The number of nitrogens with two attached hydrogens (primary N) is 1. The minimum Gasteiger partial charge on any atom is -0.383 e. The van der Waals surface area contributed by atoms with Crippen LogP contribution in [0.4, 0.5) is 11.6 Å². The molecule has 1 heterocycles. The van der Waals surface area contributed by atoms with Crippen LogP contribution in [-0.4, -0.2) is 9.97 Å². The third-order valence-corrected chi connectivity index (χ3v) is 3.13. The Hall–Kier alpha value is -1.81. The second-order valence-electron chi connectivity index (χ2n) is 4.34. The highest BCUT2D eigenvalue weighted by molar-refractivity contribution is 6.30. The molecule has 2 aromatic rings. The lowest BCUT2D eigenvalue weighted by atomic mass is 10.2. The van der Waals surface area contributed by atoms with Crippen molar-refractivity contribution in [3.8, 4) is 0 Å². The molecule has 19 heavy (non-hydrogen) atoms. The predicted molar refractivity (Wildman–Crippen MR) is 79.3 cm³/mol. The SMILES string of the molecule is CCc1nc(N)c(C)c(NCc2cccc(Cl)c2)n1. The first-order valence-corrected chi connectivity index (χ1v) is 6.59. The third kappa shape index (κ3) is 3.35. The van der Waals surface area contributed by atoms with Gasteiger partial charge in [-0.25, -0.2) is 9.97 Å². The molecule has 0 fully saturated rings. The van der Waals surface area contributed by atoms with Crippen molar-refractivity contribution in [1.82, 2.24) is 9.97 Å². The number of aromatic nitrogens is 2. The highest BCUT2D eigenvalue weighted by atomic mass is 35.5. The van der Waals surface area contributed by atoms with Gasteiger partial charge in [-0.2, -0.15) is 0 Å². The Labute approximate surface area is 118 Å². The summed E-state index contributed by atoms with van der Waals surface area (Å²) in [6.45, 7) is 4.57. The molecule has 0 unspecified atom stereocenters. The standard InChI is InChI=1S/C14H17ClN4/c1-3-12-18-13(16)9(2)14(19-12)17-8-10-5-4-6-11(15)7-10/h4-7H,3,8H2,1-2H3,(H3,16,17,18,19). The lowest BCUT2D eigenvalue weighted by molar-refractivity contribution is 0.928. The molecule has 0 aliphatic carbocycles. The van der Waals surface area contributed by atoms with Gasteiger partial charge in [0.15, 0.2) is 0 Å². The monoisotopic (exact) mass is 276 g/mol. The number of nitrogens with one attached hydrogen (secondary N) is 1. The van der Waals surface area contributed by atoms with Gasteiger partial charge in [-0.05, 0) is 24.6 Å². The van der Waals surface area contributed by atoms with Crippen LogP contribution in [0.15, 0.2) is 24.3 Å². The van der Waals surface area contributed by atoms with Crippen molar-refractivity contribution >= 4 is 23.2 Å². The van der Waals surface area contributed by atoms with Gasteiger partial charge in [0, 0.05) is 23.6 Å². The molecule has 0 atom stereocenters. The molecule has 3 N–H and O–H groups in total. The Morgan fingerprint density at radius 1 is 1.32 bits per heavy atom. The van der Waals surface area contributed by atoms with E-state index in [1.807, 2.05) is 38.1 Å². The molecule has 0 bridgehead atoms. The van der Waals surface area contributed by atoms with Gasteiger partial charge >= 0.3 is 0 Å². The fraction of sp³-hybridized carbons (Fsp3) is 0.286. The van der Waals surface area contributed by atoms with Crippen molar-refractivity contribution in [1.29, 1.82) is 0 Å². The van der Waals surface area contributed by atoms with Gasteiger partial charge in [0.1, 0.15) is 17.5 Å². The van der Waals surface area contributed by atoms with Crippen LogP contribution in [0.2, 0.25) is 5.02 Å². The zero-order valence-electron chi connectivity index (χ0n) is 11.1. The average Bonchev–Trinajstić information content (AvgIpc) is 2.40. The highest BCUT2D eigenvalue weighted by Crippen LogP contribution is 2.19. The number of anilines is 2.